The van der Waals surface area contributed by atoms with Crippen molar-refractivity contribution < 1.29 is 14.3 Å². The van der Waals surface area contributed by atoms with E-state index in [-0.39, 0.29) is 5.97 Å². The van der Waals surface area contributed by atoms with Crippen LogP contribution in [0.4, 0.5) is 5.69 Å². The molecule has 0 fully saturated rings. The van der Waals surface area contributed by atoms with Crippen LogP contribution in [0.2, 0.25) is 0 Å². The van der Waals surface area contributed by atoms with E-state index in [1.54, 1.807) is 7.11 Å². The third-order valence-corrected chi connectivity index (χ3v) is 7.60. The quantitative estimate of drug-likeness (QED) is 0.186. The number of methoxy groups -OCH3 is 1. The Morgan fingerprint density at radius 3 is 2.03 bits per heavy atom. The van der Waals surface area contributed by atoms with Gasteiger partial charge in [0.15, 0.2) is 0 Å². The first-order chi connectivity index (χ1) is 18.4. The van der Waals surface area contributed by atoms with Crippen LogP contribution in [0.3, 0.4) is 0 Å². The van der Waals surface area contributed by atoms with Crippen LogP contribution in [0.15, 0.2) is 103 Å². The molecule has 1 aliphatic rings. The molecule has 38 heavy (non-hydrogen) atoms. The highest BCUT2D eigenvalue weighted by molar-refractivity contribution is 6.04. The number of carbonyl (C=O) groups excluding carboxylic acids is 1. The zero-order valence-electron chi connectivity index (χ0n) is 22.0. The van der Waals surface area contributed by atoms with E-state index in [2.05, 4.69) is 97.9 Å². The van der Waals surface area contributed by atoms with Crippen LogP contribution in [0, 0.1) is 0 Å². The molecule has 0 N–H and O–H groups in total. The number of rotatable bonds is 5. The van der Waals surface area contributed by atoms with Gasteiger partial charge in [-0.25, -0.2) is 0 Å². The summed E-state index contributed by atoms with van der Waals surface area (Å²) in [6.45, 7) is 1.42. The van der Waals surface area contributed by atoms with Gasteiger partial charge < -0.3 is 14.4 Å². The molecule has 1 unspecified atom stereocenters. The first kappa shape index (κ1) is 23.8. The lowest BCUT2D eigenvalue weighted by atomic mass is 9.67. The molecule has 6 rings (SSSR count). The minimum absolute atomic E-state index is 0.332. The summed E-state index contributed by atoms with van der Waals surface area (Å²) in [7, 11) is 5.83. The number of nitrogens with zero attached hydrogens (tertiary/aromatic N) is 1. The Bertz CT molecular complexity index is 1670. The van der Waals surface area contributed by atoms with Gasteiger partial charge in [-0.1, -0.05) is 66.7 Å². The van der Waals surface area contributed by atoms with Crippen molar-refractivity contribution in [2.75, 3.05) is 26.1 Å². The number of benzene rings is 5. The molecule has 4 nitrogen and oxygen atoms in total. The van der Waals surface area contributed by atoms with Gasteiger partial charge in [-0.15, -0.1) is 0 Å². The zero-order chi connectivity index (χ0) is 26.4. The molecule has 0 aromatic heterocycles. The second-order valence-corrected chi connectivity index (χ2v) is 9.93. The van der Waals surface area contributed by atoms with Crippen molar-refractivity contribution in [3.05, 3.63) is 125 Å². The maximum Gasteiger partial charge on any atom is 0.308 e. The standard InChI is InChI=1S/C34H29NO3/c1-22(36)38-28-17-12-25(13-18-28)34(24-10-15-27(37-4)16-11-24)31-20-9-23-7-5-6-8-29(23)33(31)30-19-14-26(35(2)3)21-32(30)34/h5-21H,1-4H3. The molecular formula is C34H29NO3. The van der Waals surface area contributed by atoms with Gasteiger partial charge in [0, 0.05) is 26.7 Å². The molecular weight excluding hydrogens is 470 g/mol. The lowest BCUT2D eigenvalue weighted by molar-refractivity contribution is -0.131. The molecule has 188 valence electrons. The predicted octanol–water partition coefficient (Wildman–Crippen LogP) is 7.20. The van der Waals surface area contributed by atoms with E-state index in [4.69, 9.17) is 9.47 Å². The van der Waals surface area contributed by atoms with Crippen LogP contribution in [0.1, 0.15) is 29.2 Å². The molecule has 5 aromatic rings. The molecule has 0 saturated carbocycles. The van der Waals surface area contributed by atoms with E-state index >= 15 is 0 Å². The monoisotopic (exact) mass is 499 g/mol. The van der Waals surface area contributed by atoms with E-state index in [0.717, 1.165) is 22.6 Å². The summed E-state index contributed by atoms with van der Waals surface area (Å²) >= 11 is 0. The molecule has 0 saturated heterocycles. The molecule has 1 atom stereocenters. The third-order valence-electron chi connectivity index (χ3n) is 7.60. The fraction of sp³-hybridized carbons (Fsp3) is 0.147. The van der Waals surface area contributed by atoms with Crippen LogP contribution in [0.25, 0.3) is 21.9 Å². The molecule has 0 bridgehead atoms. The summed E-state index contributed by atoms with van der Waals surface area (Å²) in [5.41, 5.74) is 7.73. The van der Waals surface area contributed by atoms with E-state index in [9.17, 15) is 4.79 Å². The zero-order valence-corrected chi connectivity index (χ0v) is 22.0. The van der Waals surface area contributed by atoms with Crippen LogP contribution in [-0.2, 0) is 10.2 Å². The maximum absolute atomic E-state index is 11.6. The van der Waals surface area contributed by atoms with Gasteiger partial charge in [-0.3, -0.25) is 4.79 Å². The second kappa shape index (κ2) is 9.07. The normalized spacial score (nSPS) is 15.6. The van der Waals surface area contributed by atoms with Gasteiger partial charge >= 0.3 is 5.97 Å². The van der Waals surface area contributed by atoms with Crippen molar-refractivity contribution in [1.29, 1.82) is 0 Å². The number of esters is 1. The number of fused-ring (bicyclic) bond motifs is 5. The summed E-state index contributed by atoms with van der Waals surface area (Å²) < 4.78 is 10.9. The van der Waals surface area contributed by atoms with Crippen molar-refractivity contribution >= 4 is 22.4 Å². The Hall–Kier alpha value is -4.57. The summed E-state index contributed by atoms with van der Waals surface area (Å²) in [6.07, 6.45) is 0. The Morgan fingerprint density at radius 1 is 0.737 bits per heavy atom. The fourth-order valence-corrected chi connectivity index (χ4v) is 5.93. The minimum atomic E-state index is -0.582. The molecule has 0 heterocycles. The van der Waals surface area contributed by atoms with E-state index in [0.29, 0.717) is 5.75 Å². The molecule has 0 amide bonds. The molecule has 1 aliphatic carbocycles. The Kier molecular flexibility index (Phi) is 5.68. The Balaban J connectivity index is 1.74. The summed E-state index contributed by atoms with van der Waals surface area (Å²) in [5, 5.41) is 2.44. The molecule has 0 aliphatic heterocycles. The maximum atomic E-state index is 11.6. The topological polar surface area (TPSA) is 38.8 Å². The van der Waals surface area contributed by atoms with Crippen LogP contribution in [0.5, 0.6) is 11.5 Å². The van der Waals surface area contributed by atoms with Gasteiger partial charge in [0.05, 0.1) is 12.5 Å². The summed E-state index contributed by atoms with van der Waals surface area (Å²) in [4.78, 5) is 13.8. The van der Waals surface area contributed by atoms with Crippen molar-refractivity contribution in [3.63, 3.8) is 0 Å². The minimum Gasteiger partial charge on any atom is -0.497 e. The van der Waals surface area contributed by atoms with Gasteiger partial charge in [0.1, 0.15) is 11.5 Å². The summed E-state index contributed by atoms with van der Waals surface area (Å²) in [6, 6.07) is 36.2. The number of ether oxygens (including phenoxy) is 2. The lowest BCUT2D eigenvalue weighted by Crippen LogP contribution is -2.29. The van der Waals surface area contributed by atoms with Crippen molar-refractivity contribution in [2.24, 2.45) is 0 Å². The molecule has 5 aromatic carbocycles. The van der Waals surface area contributed by atoms with E-state index in [1.165, 1.54) is 39.9 Å². The Morgan fingerprint density at radius 2 is 1.39 bits per heavy atom. The van der Waals surface area contributed by atoms with Crippen LogP contribution >= 0.6 is 0 Å². The first-order valence-electron chi connectivity index (χ1n) is 12.7. The van der Waals surface area contributed by atoms with Gasteiger partial charge in [-0.2, -0.15) is 0 Å². The number of hydrogen-bond donors (Lipinski definition) is 0. The lowest BCUT2D eigenvalue weighted by Gasteiger charge is -2.34. The number of carbonyl (C=O) groups is 1. The average Bonchev–Trinajstić information content (AvgIpc) is 3.24. The number of hydrogen-bond acceptors (Lipinski definition) is 4. The number of anilines is 1. The highest BCUT2D eigenvalue weighted by atomic mass is 16.5. The smallest absolute Gasteiger partial charge is 0.308 e. The Labute approximate surface area is 223 Å². The van der Waals surface area contributed by atoms with Gasteiger partial charge in [-0.05, 0) is 80.6 Å². The first-order valence-corrected chi connectivity index (χ1v) is 12.7. The highest BCUT2D eigenvalue weighted by Gasteiger charge is 2.47. The predicted molar refractivity (Wildman–Crippen MR) is 153 cm³/mol. The van der Waals surface area contributed by atoms with Crippen molar-refractivity contribution in [2.45, 2.75) is 12.3 Å². The third kappa shape index (κ3) is 3.56. The fourth-order valence-electron chi connectivity index (χ4n) is 5.93. The van der Waals surface area contributed by atoms with Crippen molar-refractivity contribution in [1.82, 2.24) is 0 Å². The highest BCUT2D eigenvalue weighted by Crippen LogP contribution is 2.58. The largest absolute Gasteiger partial charge is 0.497 e. The molecule has 0 radical (unpaired) electrons. The van der Waals surface area contributed by atoms with E-state index < -0.39 is 5.41 Å². The summed E-state index contributed by atoms with van der Waals surface area (Å²) in [5.74, 6) is 1.01. The van der Waals surface area contributed by atoms with Crippen molar-refractivity contribution in [3.8, 4) is 22.6 Å². The van der Waals surface area contributed by atoms with Gasteiger partial charge in [0.25, 0.3) is 0 Å². The average molecular weight is 500 g/mol. The molecule has 0 spiro atoms. The molecule has 4 heteroatoms. The second-order valence-electron chi connectivity index (χ2n) is 9.93. The van der Waals surface area contributed by atoms with E-state index in [1.807, 2.05) is 24.3 Å². The SMILES string of the molecule is COc1ccc(C2(c3ccc(OC(C)=O)cc3)c3cc(N(C)C)ccc3-c3c2ccc2ccccc32)cc1. The van der Waals surface area contributed by atoms with Crippen LogP contribution < -0.4 is 14.4 Å². The van der Waals surface area contributed by atoms with Crippen LogP contribution in [-0.4, -0.2) is 27.2 Å². The van der Waals surface area contributed by atoms with Gasteiger partial charge in [0.2, 0.25) is 0 Å².